The number of nitrogens with one attached hydrogen (secondary N) is 2. The highest BCUT2D eigenvalue weighted by Gasteiger charge is 2.41. The lowest BCUT2D eigenvalue weighted by molar-refractivity contribution is -0.159. The van der Waals surface area contributed by atoms with E-state index in [0.29, 0.717) is 6.04 Å². The number of rotatable bonds is 2. The first-order chi connectivity index (χ1) is 16.7. The predicted molar refractivity (Wildman–Crippen MR) is 130 cm³/mol. The van der Waals surface area contributed by atoms with Crippen LogP contribution in [0.4, 0.5) is 5.69 Å². The van der Waals surface area contributed by atoms with Crippen LogP contribution in [0.15, 0.2) is 30.3 Å². The Bertz CT molecular complexity index is 1330. The van der Waals surface area contributed by atoms with Crippen molar-refractivity contribution in [1.29, 1.82) is 0 Å². The highest BCUT2D eigenvalue weighted by Crippen LogP contribution is 2.44. The summed E-state index contributed by atoms with van der Waals surface area (Å²) in [6.45, 7) is 2.03. The molecule has 2 aromatic carbocycles. The van der Waals surface area contributed by atoms with Gasteiger partial charge in [-0.15, -0.1) is 0 Å². The largest absolute Gasteiger partial charge is 0.473 e. The van der Waals surface area contributed by atoms with E-state index in [4.69, 9.17) is 24.8 Å². The molecule has 1 spiro atoms. The number of imidazole rings is 1. The van der Waals surface area contributed by atoms with Crippen molar-refractivity contribution in [3.8, 4) is 0 Å². The average Bonchev–Trinajstić information content (AvgIpc) is 3.49. The smallest absolute Gasteiger partial charge is 0.414 e. The van der Waals surface area contributed by atoms with Crippen molar-refractivity contribution in [2.45, 2.75) is 57.0 Å². The van der Waals surface area contributed by atoms with Gasteiger partial charge in [0.25, 0.3) is 5.91 Å². The summed E-state index contributed by atoms with van der Waals surface area (Å²) in [6.07, 6.45) is 6.22. The van der Waals surface area contributed by atoms with Gasteiger partial charge in [0, 0.05) is 24.2 Å². The van der Waals surface area contributed by atoms with Crippen LogP contribution in [0, 0.1) is 6.92 Å². The maximum atomic E-state index is 13.1. The zero-order chi connectivity index (χ0) is 24.9. The van der Waals surface area contributed by atoms with Gasteiger partial charge in [0.15, 0.2) is 0 Å². The third-order valence-electron chi connectivity index (χ3n) is 7.27. The third-order valence-corrected chi connectivity index (χ3v) is 7.27. The van der Waals surface area contributed by atoms with Gasteiger partial charge in [0.1, 0.15) is 11.3 Å². The highest BCUT2D eigenvalue weighted by atomic mass is 16.4. The van der Waals surface area contributed by atoms with Gasteiger partial charge in [0.2, 0.25) is 0 Å². The number of amides is 1. The number of carbonyl (C=O) groups excluding carboxylic acids is 1. The van der Waals surface area contributed by atoms with Gasteiger partial charge in [-0.1, -0.05) is 24.3 Å². The molecule has 1 saturated carbocycles. The second-order valence-electron chi connectivity index (χ2n) is 9.75. The molecule has 2 aliphatic carbocycles. The number of aliphatic carboxylic acids is 2. The molecule has 9 nitrogen and oxygen atoms in total. The van der Waals surface area contributed by atoms with E-state index >= 15 is 0 Å². The highest BCUT2D eigenvalue weighted by molar-refractivity contribution is 6.27. The van der Waals surface area contributed by atoms with E-state index in [1.807, 2.05) is 14.0 Å². The molecule has 2 heterocycles. The number of hydrogen-bond acceptors (Lipinski definition) is 5. The average molecular weight is 477 g/mol. The molecular weight excluding hydrogens is 448 g/mol. The van der Waals surface area contributed by atoms with Crippen LogP contribution in [0.2, 0.25) is 0 Å². The molecule has 0 atom stereocenters. The van der Waals surface area contributed by atoms with Gasteiger partial charge >= 0.3 is 11.9 Å². The van der Waals surface area contributed by atoms with Crippen molar-refractivity contribution in [3.63, 3.8) is 0 Å². The molecule has 9 heteroatoms. The molecule has 3 aliphatic rings. The van der Waals surface area contributed by atoms with E-state index in [1.165, 1.54) is 11.1 Å². The molecule has 182 valence electrons. The summed E-state index contributed by atoms with van der Waals surface area (Å²) in [6, 6.07) is 11.2. The van der Waals surface area contributed by atoms with E-state index in [-0.39, 0.29) is 11.4 Å². The minimum atomic E-state index is -1.82. The van der Waals surface area contributed by atoms with Gasteiger partial charge in [-0.25, -0.2) is 14.6 Å². The number of anilines is 1. The molecule has 1 fully saturated rings. The minimum Gasteiger partial charge on any atom is -0.473 e. The number of benzene rings is 2. The lowest BCUT2D eigenvalue weighted by Crippen LogP contribution is -2.43. The Kier molecular flexibility index (Phi) is 5.50. The van der Waals surface area contributed by atoms with E-state index in [9.17, 15) is 4.79 Å². The fourth-order valence-electron chi connectivity index (χ4n) is 5.22. The van der Waals surface area contributed by atoms with Crippen LogP contribution in [0.3, 0.4) is 0 Å². The minimum absolute atomic E-state index is 0.0284. The normalized spacial score (nSPS) is 17.1. The van der Waals surface area contributed by atoms with E-state index < -0.39 is 11.9 Å². The first-order valence-electron chi connectivity index (χ1n) is 11.8. The van der Waals surface area contributed by atoms with Crippen molar-refractivity contribution in [2.24, 2.45) is 7.05 Å². The van der Waals surface area contributed by atoms with Gasteiger partial charge in [-0.05, 0) is 68.2 Å². The fourth-order valence-corrected chi connectivity index (χ4v) is 5.22. The molecule has 35 heavy (non-hydrogen) atoms. The summed E-state index contributed by atoms with van der Waals surface area (Å²) in [5.41, 5.74) is 7.97. The number of fused-ring (bicyclic) bond motifs is 4. The summed E-state index contributed by atoms with van der Waals surface area (Å²) in [5, 5.41) is 21.9. The number of nitrogens with zero attached hydrogens (tertiary/aromatic N) is 2. The van der Waals surface area contributed by atoms with Gasteiger partial charge in [-0.2, -0.15) is 0 Å². The molecule has 4 N–H and O–H groups in total. The molecule has 0 bridgehead atoms. The summed E-state index contributed by atoms with van der Waals surface area (Å²) in [5.74, 6) is -2.61. The fraction of sp³-hybridized carbons (Fsp3) is 0.385. The molecule has 0 unspecified atom stereocenters. The second kappa shape index (κ2) is 8.41. The Labute approximate surface area is 202 Å². The van der Waals surface area contributed by atoms with Crippen molar-refractivity contribution >= 4 is 34.6 Å². The van der Waals surface area contributed by atoms with Crippen LogP contribution < -0.4 is 10.6 Å². The SMILES string of the molecule is Cc1nc2c3c(c(C(=O)NC4CC4)cc2n1C)CCC1(Cc2ccccc2C1)N3.O=C(O)C(=O)O. The Morgan fingerprint density at radius 3 is 2.31 bits per heavy atom. The van der Waals surface area contributed by atoms with Crippen molar-refractivity contribution in [1.82, 2.24) is 14.9 Å². The second-order valence-corrected chi connectivity index (χ2v) is 9.75. The molecule has 3 aromatic rings. The molecule has 0 radical (unpaired) electrons. The lowest BCUT2D eigenvalue weighted by Gasteiger charge is -2.38. The number of carboxylic acids is 2. The molecular formula is C26H28N4O5. The van der Waals surface area contributed by atoms with Crippen LogP contribution >= 0.6 is 0 Å². The topological polar surface area (TPSA) is 134 Å². The Morgan fingerprint density at radius 1 is 1.11 bits per heavy atom. The van der Waals surface area contributed by atoms with Crippen molar-refractivity contribution < 1.29 is 24.6 Å². The number of carboxylic acid groups (broad SMARTS) is 2. The summed E-state index contributed by atoms with van der Waals surface area (Å²) < 4.78 is 2.09. The summed E-state index contributed by atoms with van der Waals surface area (Å²) in [7, 11) is 2.03. The van der Waals surface area contributed by atoms with Crippen LogP contribution in [0.5, 0.6) is 0 Å². The monoisotopic (exact) mass is 476 g/mol. The van der Waals surface area contributed by atoms with Crippen LogP contribution in [0.1, 0.15) is 52.1 Å². The number of hydrogen-bond donors (Lipinski definition) is 4. The Balaban J connectivity index is 0.000000380. The van der Waals surface area contributed by atoms with Crippen molar-refractivity contribution in [3.05, 3.63) is 58.4 Å². The first kappa shape index (κ1) is 22.9. The van der Waals surface area contributed by atoms with E-state index in [1.54, 1.807) is 0 Å². The molecule has 1 amide bonds. The van der Waals surface area contributed by atoms with Gasteiger partial charge < -0.3 is 25.4 Å². The summed E-state index contributed by atoms with van der Waals surface area (Å²) in [4.78, 5) is 36.1. The van der Waals surface area contributed by atoms with Crippen molar-refractivity contribution in [2.75, 3.05) is 5.32 Å². The zero-order valence-electron chi connectivity index (χ0n) is 19.7. The molecule has 1 aliphatic heterocycles. The zero-order valence-corrected chi connectivity index (χ0v) is 19.7. The Hall–Kier alpha value is -3.88. The lowest BCUT2D eigenvalue weighted by atomic mass is 9.82. The third kappa shape index (κ3) is 4.22. The summed E-state index contributed by atoms with van der Waals surface area (Å²) >= 11 is 0. The number of aryl methyl sites for hydroxylation is 2. The molecule has 1 aromatic heterocycles. The maximum Gasteiger partial charge on any atom is 0.414 e. The van der Waals surface area contributed by atoms with Gasteiger partial charge in [-0.3, -0.25) is 4.79 Å². The molecule has 6 rings (SSSR count). The number of aromatic nitrogens is 2. The maximum absolute atomic E-state index is 13.1. The van der Waals surface area contributed by atoms with E-state index in [0.717, 1.165) is 72.2 Å². The van der Waals surface area contributed by atoms with Crippen LogP contribution in [-0.4, -0.2) is 49.2 Å². The van der Waals surface area contributed by atoms with Crippen LogP contribution in [0.25, 0.3) is 11.0 Å². The standard InChI is InChI=1S/C24H26N4O.C2H2O4/c1-14-25-22-20(28(14)2)11-19(23(29)26-17-7-8-17)18-9-10-24(27-21(18)22)12-15-5-3-4-6-16(15)13-24;3-1(4)2(5)6/h3-6,11,17,27H,7-10,12-13H2,1-2H3,(H,26,29);(H,3,4)(H,5,6). The molecule has 0 saturated heterocycles. The Morgan fingerprint density at radius 2 is 1.74 bits per heavy atom. The van der Waals surface area contributed by atoms with Crippen LogP contribution in [-0.2, 0) is 35.9 Å². The first-order valence-corrected chi connectivity index (χ1v) is 11.8. The van der Waals surface area contributed by atoms with Gasteiger partial charge in [0.05, 0.1) is 11.2 Å². The quantitative estimate of drug-likeness (QED) is 0.418. The van der Waals surface area contributed by atoms with E-state index in [2.05, 4.69) is 45.5 Å². The number of carbonyl (C=O) groups is 3. The predicted octanol–water partition coefficient (Wildman–Crippen LogP) is 2.83.